The molecule has 1 amide bonds. The number of carbonyl (C=O) groups is 1. The number of nitrogens with one attached hydrogen (secondary N) is 2. The molecule has 0 aliphatic heterocycles. The molecular weight excluding hydrogens is 256 g/mol. The lowest BCUT2D eigenvalue weighted by Crippen LogP contribution is -2.38. The molecule has 0 bridgehead atoms. The van der Waals surface area contributed by atoms with Crippen molar-refractivity contribution in [2.24, 2.45) is 0 Å². The fraction of sp³-hybridized carbons (Fsp3) is 0.933. The highest BCUT2D eigenvalue weighted by atomic mass is 16.5. The SMILES string of the molecule is CC(C)(C)NCCOCCNC(=O)CCOC(C)(C)C. The highest BCUT2D eigenvalue weighted by Crippen LogP contribution is 2.06. The Hall–Kier alpha value is -0.650. The van der Waals surface area contributed by atoms with E-state index in [4.69, 9.17) is 9.47 Å². The van der Waals surface area contributed by atoms with Gasteiger partial charge in [-0.15, -0.1) is 0 Å². The first-order valence-electron chi connectivity index (χ1n) is 7.33. The van der Waals surface area contributed by atoms with Gasteiger partial charge in [-0.25, -0.2) is 0 Å². The zero-order valence-corrected chi connectivity index (χ0v) is 14.0. The highest BCUT2D eigenvalue weighted by molar-refractivity contribution is 5.75. The summed E-state index contributed by atoms with van der Waals surface area (Å²) in [5.74, 6) is 0.00525. The minimum absolute atomic E-state index is 0.00525. The molecule has 0 aromatic rings. The quantitative estimate of drug-likeness (QED) is 0.634. The molecule has 0 saturated carbocycles. The minimum atomic E-state index is -0.191. The first kappa shape index (κ1) is 19.4. The average molecular weight is 288 g/mol. The van der Waals surface area contributed by atoms with E-state index in [0.717, 1.165) is 6.54 Å². The molecule has 0 heterocycles. The van der Waals surface area contributed by atoms with Crippen LogP contribution in [0.15, 0.2) is 0 Å². The van der Waals surface area contributed by atoms with Crippen LogP contribution in [0, 0.1) is 0 Å². The van der Waals surface area contributed by atoms with E-state index in [1.807, 2.05) is 20.8 Å². The van der Waals surface area contributed by atoms with Crippen molar-refractivity contribution >= 4 is 5.91 Å². The summed E-state index contributed by atoms with van der Waals surface area (Å²) in [4.78, 5) is 11.5. The summed E-state index contributed by atoms with van der Waals surface area (Å²) in [7, 11) is 0. The lowest BCUT2D eigenvalue weighted by molar-refractivity contribution is -0.123. The molecule has 0 aromatic carbocycles. The predicted molar refractivity (Wildman–Crippen MR) is 81.9 cm³/mol. The molecule has 5 nitrogen and oxygen atoms in total. The predicted octanol–water partition coefficient (Wildman–Crippen LogP) is 1.71. The number of hydrogen-bond donors (Lipinski definition) is 2. The summed E-state index contributed by atoms with van der Waals surface area (Å²) < 4.78 is 10.9. The Morgan fingerprint density at radius 3 is 2.10 bits per heavy atom. The van der Waals surface area contributed by atoms with Gasteiger partial charge >= 0.3 is 0 Å². The fourth-order valence-electron chi connectivity index (χ4n) is 1.40. The highest BCUT2D eigenvalue weighted by Gasteiger charge is 2.11. The second-order valence-corrected chi connectivity index (χ2v) is 6.85. The van der Waals surface area contributed by atoms with Crippen LogP contribution in [-0.4, -0.2) is 50.0 Å². The Labute approximate surface area is 123 Å². The van der Waals surface area contributed by atoms with Crippen molar-refractivity contribution in [2.45, 2.75) is 59.1 Å². The molecule has 0 saturated heterocycles. The first-order valence-corrected chi connectivity index (χ1v) is 7.33. The van der Waals surface area contributed by atoms with Gasteiger partial charge in [0.2, 0.25) is 5.91 Å². The van der Waals surface area contributed by atoms with Crippen LogP contribution in [0.4, 0.5) is 0 Å². The fourth-order valence-corrected chi connectivity index (χ4v) is 1.40. The third kappa shape index (κ3) is 15.4. The Kier molecular flexibility index (Phi) is 9.01. The third-order valence-corrected chi connectivity index (χ3v) is 2.33. The summed E-state index contributed by atoms with van der Waals surface area (Å²) in [6.45, 7) is 15.3. The molecule has 0 rings (SSSR count). The number of rotatable bonds is 9. The summed E-state index contributed by atoms with van der Waals surface area (Å²) in [5.41, 5.74) is -0.0753. The third-order valence-electron chi connectivity index (χ3n) is 2.33. The Balaban J connectivity index is 3.36. The smallest absolute Gasteiger partial charge is 0.222 e. The van der Waals surface area contributed by atoms with E-state index < -0.39 is 0 Å². The molecule has 20 heavy (non-hydrogen) atoms. The van der Waals surface area contributed by atoms with E-state index >= 15 is 0 Å². The van der Waals surface area contributed by atoms with Crippen molar-refractivity contribution in [3.63, 3.8) is 0 Å². The number of ether oxygens (including phenoxy) is 2. The number of carbonyl (C=O) groups excluding carboxylic acids is 1. The van der Waals surface area contributed by atoms with Crippen molar-refractivity contribution in [1.29, 1.82) is 0 Å². The molecule has 0 atom stereocenters. The maximum atomic E-state index is 11.5. The lowest BCUT2D eigenvalue weighted by atomic mass is 10.1. The summed E-state index contributed by atoms with van der Waals surface area (Å²) in [6.07, 6.45) is 0.392. The summed E-state index contributed by atoms with van der Waals surface area (Å²) >= 11 is 0. The van der Waals surface area contributed by atoms with Crippen LogP contribution in [0.3, 0.4) is 0 Å². The Morgan fingerprint density at radius 1 is 0.950 bits per heavy atom. The molecule has 0 aliphatic carbocycles. The van der Waals surface area contributed by atoms with E-state index in [2.05, 4.69) is 31.4 Å². The van der Waals surface area contributed by atoms with Gasteiger partial charge in [-0.05, 0) is 41.5 Å². The van der Waals surface area contributed by atoms with Crippen molar-refractivity contribution in [3.8, 4) is 0 Å². The number of amides is 1. The second kappa shape index (κ2) is 9.32. The zero-order valence-electron chi connectivity index (χ0n) is 14.0. The van der Waals surface area contributed by atoms with Gasteiger partial charge in [-0.2, -0.15) is 0 Å². The Morgan fingerprint density at radius 2 is 1.55 bits per heavy atom. The molecular formula is C15H32N2O3. The second-order valence-electron chi connectivity index (χ2n) is 6.85. The van der Waals surface area contributed by atoms with E-state index in [1.54, 1.807) is 0 Å². The Bertz CT molecular complexity index is 267. The zero-order chi connectivity index (χ0) is 15.6. The van der Waals surface area contributed by atoms with Crippen molar-refractivity contribution < 1.29 is 14.3 Å². The monoisotopic (exact) mass is 288 g/mol. The van der Waals surface area contributed by atoms with Gasteiger partial charge in [0.05, 0.1) is 25.4 Å². The van der Waals surface area contributed by atoms with Crippen molar-refractivity contribution in [1.82, 2.24) is 10.6 Å². The van der Waals surface area contributed by atoms with E-state index in [9.17, 15) is 4.79 Å². The molecule has 0 unspecified atom stereocenters. The maximum absolute atomic E-state index is 11.5. The van der Waals surface area contributed by atoms with Gasteiger partial charge in [-0.3, -0.25) is 4.79 Å². The van der Waals surface area contributed by atoms with Crippen LogP contribution in [0.2, 0.25) is 0 Å². The normalized spacial score (nSPS) is 12.5. The molecule has 0 spiro atoms. The van der Waals surface area contributed by atoms with E-state index in [1.165, 1.54) is 0 Å². The topological polar surface area (TPSA) is 59.6 Å². The maximum Gasteiger partial charge on any atom is 0.222 e. The van der Waals surface area contributed by atoms with Gasteiger partial charge in [0.15, 0.2) is 0 Å². The van der Waals surface area contributed by atoms with Crippen molar-refractivity contribution in [2.75, 3.05) is 32.9 Å². The van der Waals surface area contributed by atoms with E-state index in [-0.39, 0.29) is 17.0 Å². The van der Waals surface area contributed by atoms with Crippen LogP contribution in [0.25, 0.3) is 0 Å². The molecule has 0 aromatic heterocycles. The first-order chi connectivity index (χ1) is 9.10. The van der Waals surface area contributed by atoms with Gasteiger partial charge in [0.1, 0.15) is 0 Å². The summed E-state index contributed by atoms with van der Waals surface area (Å²) in [5, 5.41) is 6.15. The summed E-state index contributed by atoms with van der Waals surface area (Å²) in [6, 6.07) is 0. The van der Waals surface area contributed by atoms with Gasteiger partial charge < -0.3 is 20.1 Å². The lowest BCUT2D eigenvalue weighted by Gasteiger charge is -2.20. The van der Waals surface area contributed by atoms with Gasteiger partial charge in [0, 0.05) is 25.0 Å². The molecule has 0 radical (unpaired) electrons. The molecule has 0 fully saturated rings. The molecule has 0 aliphatic rings. The number of hydrogen-bond acceptors (Lipinski definition) is 4. The minimum Gasteiger partial charge on any atom is -0.378 e. The largest absolute Gasteiger partial charge is 0.378 e. The average Bonchev–Trinajstić information content (AvgIpc) is 2.24. The van der Waals surface area contributed by atoms with E-state index in [0.29, 0.717) is 32.8 Å². The van der Waals surface area contributed by atoms with Crippen molar-refractivity contribution in [3.05, 3.63) is 0 Å². The van der Waals surface area contributed by atoms with Crippen LogP contribution in [0.1, 0.15) is 48.0 Å². The molecule has 2 N–H and O–H groups in total. The molecule has 120 valence electrons. The van der Waals surface area contributed by atoms with Gasteiger partial charge in [0.25, 0.3) is 0 Å². The standard InChI is InChI=1S/C15H32N2O3/c1-14(2,3)17-9-12-19-11-8-16-13(18)7-10-20-15(4,5)6/h17H,7-12H2,1-6H3,(H,16,18). The van der Waals surface area contributed by atoms with Crippen LogP contribution < -0.4 is 10.6 Å². The van der Waals surface area contributed by atoms with Crippen LogP contribution >= 0.6 is 0 Å². The van der Waals surface area contributed by atoms with Gasteiger partial charge in [-0.1, -0.05) is 0 Å². The molecule has 5 heteroatoms. The van der Waals surface area contributed by atoms with Crippen LogP contribution in [-0.2, 0) is 14.3 Å². The van der Waals surface area contributed by atoms with Crippen LogP contribution in [0.5, 0.6) is 0 Å².